The number of nitrogens with zero attached hydrogens (tertiary/aromatic N) is 1. The van der Waals surface area contributed by atoms with E-state index in [1.807, 2.05) is 0 Å². The highest BCUT2D eigenvalue weighted by Crippen LogP contribution is 2.39. The summed E-state index contributed by atoms with van der Waals surface area (Å²) in [5.74, 6) is 0. The van der Waals surface area contributed by atoms with Gasteiger partial charge in [0.2, 0.25) is 0 Å². The van der Waals surface area contributed by atoms with Gasteiger partial charge in [0.05, 0.1) is 22.3 Å². The molecule has 0 saturated heterocycles. The second-order valence-electron chi connectivity index (χ2n) is 5.15. The predicted octanol–water partition coefficient (Wildman–Crippen LogP) is 5.94. The van der Waals surface area contributed by atoms with Crippen LogP contribution in [0, 0.1) is 0 Å². The van der Waals surface area contributed by atoms with Crippen molar-refractivity contribution in [1.29, 1.82) is 0 Å². The topological polar surface area (TPSA) is 12.9 Å². The second-order valence-corrected chi connectivity index (χ2v) is 5.15. The van der Waals surface area contributed by atoms with E-state index in [2.05, 4.69) is 4.98 Å². The summed E-state index contributed by atoms with van der Waals surface area (Å²) in [6, 6.07) is 11.1. The molecule has 3 rings (SSSR count). The Labute approximate surface area is 132 Å². The first-order valence-corrected chi connectivity index (χ1v) is 6.81. The molecule has 0 aliphatic rings. The maximum Gasteiger partial charge on any atom is 0.417 e. The molecule has 0 amide bonds. The van der Waals surface area contributed by atoms with Gasteiger partial charge in [-0.1, -0.05) is 30.3 Å². The molecule has 1 nitrogen and oxygen atoms in total. The third-order valence-electron chi connectivity index (χ3n) is 3.51. The summed E-state index contributed by atoms with van der Waals surface area (Å²) in [5, 5.41) is -0.572. The van der Waals surface area contributed by atoms with Crippen molar-refractivity contribution in [2.75, 3.05) is 0 Å². The van der Waals surface area contributed by atoms with E-state index in [9.17, 15) is 26.3 Å². The smallest absolute Gasteiger partial charge is 0.248 e. The average molecular weight is 341 g/mol. The van der Waals surface area contributed by atoms with Crippen molar-refractivity contribution in [2.24, 2.45) is 0 Å². The Kier molecular flexibility index (Phi) is 3.74. The van der Waals surface area contributed by atoms with Gasteiger partial charge in [-0.2, -0.15) is 26.3 Å². The molecule has 24 heavy (non-hydrogen) atoms. The molecule has 1 aromatic heterocycles. The van der Waals surface area contributed by atoms with Crippen molar-refractivity contribution in [3.05, 3.63) is 65.7 Å². The number of rotatable bonds is 1. The van der Waals surface area contributed by atoms with Crippen LogP contribution in [0.3, 0.4) is 0 Å². The summed E-state index contributed by atoms with van der Waals surface area (Å²) in [7, 11) is 0. The average Bonchev–Trinajstić information content (AvgIpc) is 2.52. The summed E-state index contributed by atoms with van der Waals surface area (Å²) in [6.07, 6.45) is -9.52. The molecule has 0 saturated carbocycles. The highest BCUT2D eigenvalue weighted by atomic mass is 19.4. The predicted molar refractivity (Wildman–Crippen MR) is 77.2 cm³/mol. The lowest BCUT2D eigenvalue weighted by Gasteiger charge is -2.14. The lowest BCUT2D eigenvalue weighted by atomic mass is 10.0. The molecule has 0 aliphatic heterocycles. The number of hydrogen-bond acceptors (Lipinski definition) is 1. The van der Waals surface area contributed by atoms with Crippen molar-refractivity contribution in [3.8, 4) is 11.3 Å². The molecule has 0 atom stereocenters. The number of aromatic nitrogens is 1. The van der Waals surface area contributed by atoms with E-state index >= 15 is 0 Å². The number of fused-ring (bicyclic) bond motifs is 1. The number of halogens is 6. The number of benzene rings is 2. The molecule has 0 N–H and O–H groups in total. The molecule has 1 heterocycles. The third kappa shape index (κ3) is 3.06. The van der Waals surface area contributed by atoms with E-state index in [1.165, 1.54) is 0 Å². The lowest BCUT2D eigenvalue weighted by Crippen LogP contribution is -2.09. The molecule has 2 aromatic carbocycles. The van der Waals surface area contributed by atoms with Crippen LogP contribution in [0.2, 0.25) is 0 Å². The van der Waals surface area contributed by atoms with Crippen LogP contribution in [0.15, 0.2) is 54.6 Å². The van der Waals surface area contributed by atoms with Gasteiger partial charge in [-0.3, -0.25) is 0 Å². The largest absolute Gasteiger partial charge is 0.417 e. The standard InChI is InChI=1S/C17H9F6N/c18-16(19,20)11-6-7-14-12(8-11)13(17(21,22)23)9-15(24-14)10-4-2-1-3-5-10/h1-9H. The van der Waals surface area contributed by atoms with Crippen LogP contribution >= 0.6 is 0 Å². The first kappa shape index (κ1) is 16.3. The number of hydrogen-bond donors (Lipinski definition) is 0. The van der Waals surface area contributed by atoms with Gasteiger partial charge in [0.25, 0.3) is 0 Å². The summed E-state index contributed by atoms with van der Waals surface area (Å²) < 4.78 is 78.4. The Hall–Kier alpha value is -2.57. The fourth-order valence-electron chi connectivity index (χ4n) is 2.39. The SMILES string of the molecule is FC(F)(F)c1ccc2nc(-c3ccccc3)cc(C(F)(F)F)c2c1. The van der Waals surface area contributed by atoms with Crippen molar-refractivity contribution in [2.45, 2.75) is 12.4 Å². The van der Waals surface area contributed by atoms with Crippen LogP contribution in [0.4, 0.5) is 26.3 Å². The molecule has 0 spiro atoms. The van der Waals surface area contributed by atoms with E-state index in [0.717, 1.165) is 18.2 Å². The summed E-state index contributed by atoms with van der Waals surface area (Å²) in [6.45, 7) is 0. The van der Waals surface area contributed by atoms with Crippen LogP contribution in [0.25, 0.3) is 22.2 Å². The quantitative estimate of drug-likeness (QED) is 0.499. The Bertz CT molecular complexity index is 881. The number of alkyl halides is 6. The Balaban J connectivity index is 2.31. The van der Waals surface area contributed by atoms with Crippen LogP contribution in [0.5, 0.6) is 0 Å². The zero-order valence-corrected chi connectivity index (χ0v) is 11.9. The van der Waals surface area contributed by atoms with Gasteiger partial charge >= 0.3 is 12.4 Å². The van der Waals surface area contributed by atoms with E-state index in [4.69, 9.17) is 0 Å². The van der Waals surface area contributed by atoms with Crippen molar-refractivity contribution in [1.82, 2.24) is 4.98 Å². The molecule has 0 radical (unpaired) electrons. The zero-order valence-electron chi connectivity index (χ0n) is 11.9. The highest BCUT2D eigenvalue weighted by Gasteiger charge is 2.36. The van der Waals surface area contributed by atoms with Gasteiger partial charge in [0, 0.05) is 10.9 Å². The van der Waals surface area contributed by atoms with E-state index in [0.29, 0.717) is 11.6 Å². The minimum Gasteiger partial charge on any atom is -0.248 e. The van der Waals surface area contributed by atoms with Gasteiger partial charge in [-0.05, 0) is 24.3 Å². The Morgan fingerprint density at radius 3 is 1.96 bits per heavy atom. The Morgan fingerprint density at radius 2 is 1.38 bits per heavy atom. The van der Waals surface area contributed by atoms with Gasteiger partial charge in [-0.15, -0.1) is 0 Å². The fourth-order valence-corrected chi connectivity index (χ4v) is 2.39. The molecule has 0 unspecified atom stereocenters. The van der Waals surface area contributed by atoms with Crippen LogP contribution in [-0.2, 0) is 12.4 Å². The molecule has 124 valence electrons. The fraction of sp³-hybridized carbons (Fsp3) is 0.118. The maximum atomic E-state index is 13.3. The van der Waals surface area contributed by atoms with Gasteiger partial charge in [0.15, 0.2) is 0 Å². The van der Waals surface area contributed by atoms with Crippen LogP contribution < -0.4 is 0 Å². The summed E-state index contributed by atoms with van der Waals surface area (Å²) >= 11 is 0. The molecular weight excluding hydrogens is 332 g/mol. The minimum atomic E-state index is -4.80. The summed E-state index contributed by atoms with van der Waals surface area (Å²) in [4.78, 5) is 4.08. The van der Waals surface area contributed by atoms with Gasteiger partial charge in [-0.25, -0.2) is 4.98 Å². The van der Waals surface area contributed by atoms with Gasteiger partial charge < -0.3 is 0 Å². The molecule has 0 aliphatic carbocycles. The monoisotopic (exact) mass is 341 g/mol. The van der Waals surface area contributed by atoms with Crippen molar-refractivity contribution in [3.63, 3.8) is 0 Å². The van der Waals surface area contributed by atoms with E-state index in [1.54, 1.807) is 30.3 Å². The normalized spacial score (nSPS) is 12.6. The number of pyridine rings is 1. The maximum absolute atomic E-state index is 13.3. The van der Waals surface area contributed by atoms with Crippen molar-refractivity contribution < 1.29 is 26.3 Å². The molecule has 0 bridgehead atoms. The second kappa shape index (κ2) is 5.51. The highest BCUT2D eigenvalue weighted by molar-refractivity contribution is 5.86. The first-order chi connectivity index (χ1) is 11.2. The zero-order chi connectivity index (χ0) is 17.5. The van der Waals surface area contributed by atoms with Gasteiger partial charge in [0.1, 0.15) is 0 Å². The summed E-state index contributed by atoms with van der Waals surface area (Å²) in [5.41, 5.74) is -1.93. The third-order valence-corrected chi connectivity index (χ3v) is 3.51. The van der Waals surface area contributed by atoms with E-state index in [-0.39, 0.29) is 11.2 Å². The van der Waals surface area contributed by atoms with Crippen molar-refractivity contribution >= 4 is 10.9 Å². The molecule has 3 aromatic rings. The molecule has 7 heteroatoms. The molecular formula is C17H9F6N. The van der Waals surface area contributed by atoms with Crippen LogP contribution in [0.1, 0.15) is 11.1 Å². The first-order valence-electron chi connectivity index (χ1n) is 6.81. The minimum absolute atomic E-state index is 0.0511. The Morgan fingerprint density at radius 1 is 0.708 bits per heavy atom. The van der Waals surface area contributed by atoms with E-state index < -0.39 is 28.9 Å². The molecule has 0 fully saturated rings. The lowest BCUT2D eigenvalue weighted by molar-refractivity contribution is -0.139. The van der Waals surface area contributed by atoms with Crippen LogP contribution in [-0.4, -0.2) is 4.98 Å².